The molecule has 1 heterocycles. The quantitative estimate of drug-likeness (QED) is 0.903. The Hall–Kier alpha value is -1.82. The Morgan fingerprint density at radius 1 is 1.53 bits per heavy atom. The molecule has 1 aliphatic heterocycles. The van der Waals surface area contributed by atoms with Gasteiger partial charge in [0.2, 0.25) is 5.91 Å². The Morgan fingerprint density at radius 3 is 2.89 bits per heavy atom. The Kier molecular flexibility index (Phi) is 3.90. The third-order valence-electron chi connectivity index (χ3n) is 2.88. The summed E-state index contributed by atoms with van der Waals surface area (Å²) in [6.45, 7) is 3.91. The molecule has 0 unspecified atom stereocenters. The summed E-state index contributed by atoms with van der Waals surface area (Å²) in [6, 6.07) is 5.78. The highest BCUT2D eigenvalue weighted by atomic mass is 32.2. The number of aliphatic imine (C=N–C) groups is 1. The second-order valence-corrected chi connectivity index (χ2v) is 5.07. The topological polar surface area (TPSA) is 70.0 Å². The van der Waals surface area contributed by atoms with Gasteiger partial charge in [0.25, 0.3) is 0 Å². The number of aryl methyl sites for hydroxylation is 2. The van der Waals surface area contributed by atoms with Crippen LogP contribution in [0.4, 0.5) is 10.5 Å². The number of carbonyl (C=O) groups excluding carboxylic acids is 1. The fourth-order valence-electron chi connectivity index (χ4n) is 2.07. The molecule has 1 N–H and O–H groups in total. The van der Waals surface area contributed by atoms with Gasteiger partial charge in [0.05, 0.1) is 11.4 Å². The maximum absolute atomic E-state index is 12.0. The molecule has 5 nitrogen and oxygen atoms in total. The lowest BCUT2D eigenvalue weighted by Gasteiger charge is -2.21. The summed E-state index contributed by atoms with van der Waals surface area (Å²) < 4.78 is 0. The van der Waals surface area contributed by atoms with Crippen LogP contribution in [0.5, 0.6) is 0 Å². The molecule has 0 radical (unpaired) electrons. The maximum Gasteiger partial charge on any atom is 0.433 e. The van der Waals surface area contributed by atoms with E-state index in [0.717, 1.165) is 35.0 Å². The van der Waals surface area contributed by atoms with Crippen LogP contribution < -0.4 is 4.90 Å². The molecule has 2 rings (SSSR count). The van der Waals surface area contributed by atoms with Crippen LogP contribution in [0.2, 0.25) is 0 Å². The van der Waals surface area contributed by atoms with E-state index in [9.17, 15) is 9.59 Å². The van der Waals surface area contributed by atoms with E-state index in [2.05, 4.69) is 4.99 Å². The fourth-order valence-corrected chi connectivity index (χ4v) is 2.92. The second-order valence-electron chi connectivity index (χ2n) is 4.13. The van der Waals surface area contributed by atoms with Crippen LogP contribution in [0.1, 0.15) is 18.1 Å². The van der Waals surface area contributed by atoms with Gasteiger partial charge < -0.3 is 5.11 Å². The number of amidine groups is 1. The van der Waals surface area contributed by atoms with E-state index in [1.165, 1.54) is 4.90 Å². The first-order valence-electron chi connectivity index (χ1n) is 5.90. The minimum absolute atomic E-state index is 0.131. The molecular weight excluding hydrogens is 264 g/mol. The molecule has 6 heteroatoms. The van der Waals surface area contributed by atoms with Crippen molar-refractivity contribution in [2.45, 2.75) is 20.3 Å². The molecule has 0 bridgehead atoms. The van der Waals surface area contributed by atoms with E-state index in [4.69, 9.17) is 5.11 Å². The standard InChI is InChI=1S/C13H14N2O3S/c1-3-9-6-4-5-8(2)11(9)15-10(16)7-19-12(15)14-13(17)18/h4-6H,3,7H2,1-2H3,(H,17,18)/b14-12-. The van der Waals surface area contributed by atoms with E-state index in [1.807, 2.05) is 32.0 Å². The molecular formula is C13H14N2O3S. The van der Waals surface area contributed by atoms with Crippen LogP contribution in [0.3, 0.4) is 0 Å². The van der Waals surface area contributed by atoms with E-state index in [-0.39, 0.29) is 16.8 Å². The van der Waals surface area contributed by atoms with E-state index in [1.54, 1.807) is 0 Å². The third-order valence-corrected chi connectivity index (χ3v) is 3.81. The van der Waals surface area contributed by atoms with Gasteiger partial charge in [0.1, 0.15) is 0 Å². The van der Waals surface area contributed by atoms with Crippen molar-refractivity contribution in [1.82, 2.24) is 0 Å². The van der Waals surface area contributed by atoms with E-state index in [0.29, 0.717) is 0 Å². The normalized spacial score (nSPS) is 17.3. The minimum Gasteiger partial charge on any atom is -0.463 e. The molecule has 1 aromatic carbocycles. The number of carboxylic acid groups (broad SMARTS) is 1. The van der Waals surface area contributed by atoms with Crippen molar-refractivity contribution < 1.29 is 14.7 Å². The van der Waals surface area contributed by atoms with Crippen molar-refractivity contribution in [3.8, 4) is 0 Å². The zero-order valence-corrected chi connectivity index (χ0v) is 11.5. The van der Waals surface area contributed by atoms with Crippen molar-refractivity contribution in [1.29, 1.82) is 0 Å². The summed E-state index contributed by atoms with van der Waals surface area (Å²) >= 11 is 1.16. The van der Waals surface area contributed by atoms with Gasteiger partial charge in [-0.15, -0.1) is 0 Å². The molecule has 1 fully saturated rings. The van der Waals surface area contributed by atoms with Crippen LogP contribution in [0, 0.1) is 6.92 Å². The van der Waals surface area contributed by atoms with Gasteiger partial charge in [-0.05, 0) is 24.5 Å². The first kappa shape index (κ1) is 13.6. The molecule has 0 aromatic heterocycles. The van der Waals surface area contributed by atoms with Crippen LogP contribution in [-0.2, 0) is 11.2 Å². The van der Waals surface area contributed by atoms with Gasteiger partial charge >= 0.3 is 6.09 Å². The van der Waals surface area contributed by atoms with Gasteiger partial charge in [-0.3, -0.25) is 9.69 Å². The number of rotatable bonds is 2. The monoisotopic (exact) mass is 278 g/mol. The molecule has 1 aromatic rings. The fraction of sp³-hybridized carbons (Fsp3) is 0.308. The number of hydrogen-bond acceptors (Lipinski definition) is 3. The Balaban J connectivity index is 2.55. The van der Waals surface area contributed by atoms with E-state index < -0.39 is 6.09 Å². The summed E-state index contributed by atoms with van der Waals surface area (Å²) in [4.78, 5) is 27.7. The van der Waals surface area contributed by atoms with Gasteiger partial charge in [0, 0.05) is 0 Å². The van der Waals surface area contributed by atoms with Gasteiger partial charge in [0.15, 0.2) is 5.17 Å². The summed E-state index contributed by atoms with van der Waals surface area (Å²) in [5, 5.41) is 9.02. The number of thioether (sulfide) groups is 1. The van der Waals surface area contributed by atoms with Crippen molar-refractivity contribution in [3.05, 3.63) is 29.3 Å². The van der Waals surface area contributed by atoms with Crippen molar-refractivity contribution in [2.24, 2.45) is 4.99 Å². The highest BCUT2D eigenvalue weighted by Gasteiger charge is 2.32. The molecule has 1 aliphatic rings. The molecule has 2 amide bonds. The van der Waals surface area contributed by atoms with E-state index >= 15 is 0 Å². The van der Waals surface area contributed by atoms with Crippen LogP contribution in [0.25, 0.3) is 0 Å². The maximum atomic E-state index is 12.0. The molecule has 19 heavy (non-hydrogen) atoms. The summed E-state index contributed by atoms with van der Waals surface area (Å²) in [7, 11) is 0. The molecule has 0 saturated carbocycles. The SMILES string of the molecule is CCc1cccc(C)c1N1C(=O)CS/C1=N\C(=O)O. The Morgan fingerprint density at radius 2 is 2.26 bits per heavy atom. The lowest BCUT2D eigenvalue weighted by molar-refractivity contribution is -0.115. The zero-order valence-electron chi connectivity index (χ0n) is 10.7. The molecule has 0 aliphatic carbocycles. The number of nitrogens with zero attached hydrogens (tertiary/aromatic N) is 2. The first-order chi connectivity index (χ1) is 9.04. The Labute approximate surface area is 115 Å². The number of amides is 2. The number of hydrogen-bond donors (Lipinski definition) is 1. The second kappa shape index (κ2) is 5.44. The minimum atomic E-state index is -1.28. The average molecular weight is 278 g/mol. The summed E-state index contributed by atoms with van der Waals surface area (Å²) in [6.07, 6.45) is -0.514. The van der Waals surface area contributed by atoms with Gasteiger partial charge in [-0.2, -0.15) is 4.99 Å². The van der Waals surface area contributed by atoms with Crippen molar-refractivity contribution in [2.75, 3.05) is 10.7 Å². The van der Waals surface area contributed by atoms with Gasteiger partial charge in [-0.1, -0.05) is 36.9 Å². The zero-order chi connectivity index (χ0) is 14.0. The molecule has 100 valence electrons. The summed E-state index contributed by atoms with van der Waals surface area (Å²) in [5.41, 5.74) is 2.71. The number of carbonyl (C=O) groups is 2. The number of para-hydroxylation sites is 1. The predicted octanol–water partition coefficient (Wildman–Crippen LogP) is 2.67. The molecule has 0 atom stereocenters. The number of benzene rings is 1. The third kappa shape index (κ3) is 2.63. The average Bonchev–Trinajstić information content (AvgIpc) is 2.69. The summed E-state index contributed by atoms with van der Waals surface area (Å²) in [5.74, 6) is 0.0952. The predicted molar refractivity (Wildman–Crippen MR) is 76.0 cm³/mol. The van der Waals surface area contributed by atoms with Crippen molar-refractivity contribution >= 4 is 34.6 Å². The van der Waals surface area contributed by atoms with Crippen LogP contribution >= 0.6 is 11.8 Å². The largest absolute Gasteiger partial charge is 0.463 e. The molecule has 0 spiro atoms. The number of anilines is 1. The van der Waals surface area contributed by atoms with Crippen molar-refractivity contribution in [3.63, 3.8) is 0 Å². The highest BCUT2D eigenvalue weighted by molar-refractivity contribution is 8.15. The lowest BCUT2D eigenvalue weighted by atomic mass is 10.0. The van der Waals surface area contributed by atoms with Crippen LogP contribution in [-0.4, -0.2) is 28.0 Å². The highest BCUT2D eigenvalue weighted by Crippen LogP contribution is 2.32. The van der Waals surface area contributed by atoms with Crippen LogP contribution in [0.15, 0.2) is 23.2 Å². The first-order valence-corrected chi connectivity index (χ1v) is 6.89. The smallest absolute Gasteiger partial charge is 0.433 e. The lowest BCUT2D eigenvalue weighted by Crippen LogP contribution is -2.31. The molecule has 1 saturated heterocycles. The Bertz CT molecular complexity index is 569. The van der Waals surface area contributed by atoms with Gasteiger partial charge in [-0.25, -0.2) is 4.79 Å².